The van der Waals surface area contributed by atoms with Gasteiger partial charge in [-0.25, -0.2) is 8.42 Å². The van der Waals surface area contributed by atoms with E-state index in [1.165, 1.54) is 12.1 Å². The van der Waals surface area contributed by atoms with Gasteiger partial charge in [0.15, 0.2) is 15.1 Å². The normalized spacial score (nSPS) is 12.8. The van der Waals surface area contributed by atoms with E-state index in [9.17, 15) is 13.2 Å². The van der Waals surface area contributed by atoms with E-state index in [1.807, 2.05) is 0 Å². The summed E-state index contributed by atoms with van der Waals surface area (Å²) in [6, 6.07) is 7.66. The molecule has 1 rings (SSSR count). The van der Waals surface area contributed by atoms with E-state index < -0.39 is 21.1 Å². The molecule has 5 heteroatoms. The first-order chi connectivity index (χ1) is 8.35. The second-order valence-corrected chi connectivity index (χ2v) is 6.33. The van der Waals surface area contributed by atoms with Crippen LogP contribution in [0.1, 0.15) is 20.3 Å². The minimum atomic E-state index is -3.84. The van der Waals surface area contributed by atoms with Crippen molar-refractivity contribution in [1.82, 2.24) is 0 Å². The minimum Gasteiger partial charge on any atom is -0.480 e. The van der Waals surface area contributed by atoms with E-state index in [0.717, 1.165) is 5.57 Å². The lowest BCUT2D eigenvalue weighted by Gasteiger charge is -2.12. The quantitative estimate of drug-likeness (QED) is 0.831. The Hall–Kier alpha value is -1.62. The van der Waals surface area contributed by atoms with Crippen molar-refractivity contribution in [2.24, 2.45) is 0 Å². The Morgan fingerprint density at radius 1 is 1.28 bits per heavy atom. The van der Waals surface area contributed by atoms with Gasteiger partial charge in [0.25, 0.3) is 0 Å². The molecule has 4 nitrogen and oxygen atoms in total. The maximum atomic E-state index is 12.2. The van der Waals surface area contributed by atoms with E-state index in [2.05, 4.69) is 0 Å². The van der Waals surface area contributed by atoms with E-state index in [0.29, 0.717) is 0 Å². The molecule has 0 amide bonds. The lowest BCUT2D eigenvalue weighted by atomic mass is 10.2. The molecule has 0 saturated carbocycles. The van der Waals surface area contributed by atoms with Crippen molar-refractivity contribution in [2.75, 3.05) is 0 Å². The summed E-state index contributed by atoms with van der Waals surface area (Å²) >= 11 is 0. The average molecular weight is 268 g/mol. The lowest BCUT2D eigenvalue weighted by Crippen LogP contribution is -2.29. The molecule has 0 aliphatic carbocycles. The summed E-state index contributed by atoms with van der Waals surface area (Å²) in [5.74, 6) is -1.32. The van der Waals surface area contributed by atoms with Crippen molar-refractivity contribution in [2.45, 2.75) is 30.4 Å². The second-order valence-electron chi connectivity index (χ2n) is 4.20. The summed E-state index contributed by atoms with van der Waals surface area (Å²) in [5, 5.41) is 7.64. The monoisotopic (exact) mass is 268 g/mol. The van der Waals surface area contributed by atoms with Crippen molar-refractivity contribution < 1.29 is 18.3 Å². The third kappa shape index (κ3) is 3.43. The van der Waals surface area contributed by atoms with E-state index >= 15 is 0 Å². The van der Waals surface area contributed by atoms with Gasteiger partial charge in [-0.3, -0.25) is 4.79 Å². The minimum absolute atomic E-state index is 0.0190. The molecule has 0 aliphatic heterocycles. The van der Waals surface area contributed by atoms with Gasteiger partial charge in [0.1, 0.15) is 0 Å². The fourth-order valence-electron chi connectivity index (χ4n) is 1.48. The maximum Gasteiger partial charge on any atom is 0.322 e. The zero-order chi connectivity index (χ0) is 13.8. The first-order valence-electron chi connectivity index (χ1n) is 5.51. The molecule has 98 valence electrons. The van der Waals surface area contributed by atoms with Crippen LogP contribution in [0.4, 0.5) is 0 Å². The SMILES string of the molecule is CC(C)=CCC(C(=O)O)S(=O)(=O)c1ccccc1. The number of hydrogen-bond donors (Lipinski definition) is 1. The van der Waals surface area contributed by atoms with E-state index in [-0.39, 0.29) is 11.3 Å². The molecule has 1 atom stereocenters. The van der Waals surface area contributed by atoms with Gasteiger partial charge in [0, 0.05) is 0 Å². The average Bonchev–Trinajstić information content (AvgIpc) is 2.29. The van der Waals surface area contributed by atoms with Crippen LogP contribution >= 0.6 is 0 Å². The van der Waals surface area contributed by atoms with Gasteiger partial charge in [0.2, 0.25) is 0 Å². The number of carboxylic acids is 1. The highest BCUT2D eigenvalue weighted by Crippen LogP contribution is 2.19. The highest BCUT2D eigenvalue weighted by molar-refractivity contribution is 7.92. The van der Waals surface area contributed by atoms with Gasteiger partial charge in [-0.15, -0.1) is 0 Å². The number of sulfone groups is 1. The predicted molar refractivity (Wildman–Crippen MR) is 69.1 cm³/mol. The molecule has 0 radical (unpaired) electrons. The summed E-state index contributed by atoms with van der Waals surface area (Å²) in [5.41, 5.74) is 0.893. The zero-order valence-electron chi connectivity index (χ0n) is 10.3. The fourth-order valence-corrected chi connectivity index (χ4v) is 2.96. The molecule has 1 N–H and O–H groups in total. The maximum absolute atomic E-state index is 12.2. The van der Waals surface area contributed by atoms with Crippen LogP contribution in [-0.2, 0) is 14.6 Å². The Balaban J connectivity index is 3.14. The standard InChI is InChI=1S/C13H16O4S/c1-10(2)8-9-12(13(14)15)18(16,17)11-6-4-3-5-7-11/h3-8,12H,9H2,1-2H3,(H,14,15). The largest absolute Gasteiger partial charge is 0.480 e. The van der Waals surface area contributed by atoms with Crippen LogP contribution in [0.3, 0.4) is 0 Å². The number of benzene rings is 1. The van der Waals surface area contributed by atoms with Crippen LogP contribution in [0.2, 0.25) is 0 Å². The molecule has 0 saturated heterocycles. The number of rotatable bonds is 5. The number of allylic oxidation sites excluding steroid dienone is 2. The number of hydrogen-bond acceptors (Lipinski definition) is 3. The van der Waals surface area contributed by atoms with Gasteiger partial charge < -0.3 is 5.11 Å². The van der Waals surface area contributed by atoms with Crippen molar-refractivity contribution >= 4 is 15.8 Å². The van der Waals surface area contributed by atoms with Crippen molar-refractivity contribution in [1.29, 1.82) is 0 Å². The third-order valence-corrected chi connectivity index (χ3v) is 4.53. The first kappa shape index (κ1) is 14.4. The van der Waals surface area contributed by atoms with E-state index in [4.69, 9.17) is 5.11 Å². The molecule has 18 heavy (non-hydrogen) atoms. The third-order valence-electron chi connectivity index (χ3n) is 2.46. The second kappa shape index (κ2) is 5.82. The van der Waals surface area contributed by atoms with Crippen LogP contribution in [0.5, 0.6) is 0 Å². The van der Waals surface area contributed by atoms with Crippen molar-refractivity contribution in [3.05, 3.63) is 42.0 Å². The van der Waals surface area contributed by atoms with Gasteiger partial charge >= 0.3 is 5.97 Å². The van der Waals surface area contributed by atoms with Crippen LogP contribution in [-0.4, -0.2) is 24.7 Å². The zero-order valence-corrected chi connectivity index (χ0v) is 11.1. The number of aliphatic carboxylic acids is 1. The van der Waals surface area contributed by atoms with Crippen molar-refractivity contribution in [3.63, 3.8) is 0 Å². The fraction of sp³-hybridized carbons (Fsp3) is 0.308. The van der Waals surface area contributed by atoms with E-state index in [1.54, 1.807) is 38.1 Å². The van der Waals surface area contributed by atoms with Crippen LogP contribution < -0.4 is 0 Å². The molecule has 1 aromatic carbocycles. The molecule has 0 fully saturated rings. The summed E-state index contributed by atoms with van der Waals surface area (Å²) in [7, 11) is -3.84. The van der Waals surface area contributed by atoms with Gasteiger partial charge in [-0.2, -0.15) is 0 Å². The molecule has 0 aromatic heterocycles. The molecule has 1 aromatic rings. The molecular formula is C13H16O4S. The first-order valence-corrected chi connectivity index (χ1v) is 7.05. The van der Waals surface area contributed by atoms with Gasteiger partial charge in [-0.1, -0.05) is 29.8 Å². The van der Waals surface area contributed by atoms with Crippen molar-refractivity contribution in [3.8, 4) is 0 Å². The molecule has 1 unspecified atom stereocenters. The van der Waals surface area contributed by atoms with Crippen LogP contribution in [0, 0.1) is 0 Å². The number of carbonyl (C=O) groups is 1. The Bertz CT molecular complexity index is 540. The number of carboxylic acid groups (broad SMARTS) is 1. The highest BCUT2D eigenvalue weighted by Gasteiger charge is 2.32. The summed E-state index contributed by atoms with van der Waals surface area (Å²) in [6.45, 7) is 3.60. The summed E-state index contributed by atoms with van der Waals surface area (Å²) < 4.78 is 24.4. The Kier molecular flexibility index (Phi) is 4.67. The topological polar surface area (TPSA) is 71.4 Å². The molecule has 0 heterocycles. The Morgan fingerprint density at radius 3 is 2.28 bits per heavy atom. The Labute approximate surface area is 107 Å². The smallest absolute Gasteiger partial charge is 0.322 e. The lowest BCUT2D eigenvalue weighted by molar-refractivity contribution is -0.136. The summed E-state index contributed by atoms with van der Waals surface area (Å²) in [6.07, 6.45) is 1.61. The molecular weight excluding hydrogens is 252 g/mol. The van der Waals surface area contributed by atoms with Crippen LogP contribution in [0.15, 0.2) is 46.9 Å². The summed E-state index contributed by atoms with van der Waals surface area (Å²) in [4.78, 5) is 11.2. The molecule has 0 spiro atoms. The van der Waals surface area contributed by atoms with Crippen LogP contribution in [0.25, 0.3) is 0 Å². The molecule has 0 aliphatic rings. The van der Waals surface area contributed by atoms with Gasteiger partial charge in [0.05, 0.1) is 4.90 Å². The highest BCUT2D eigenvalue weighted by atomic mass is 32.2. The predicted octanol–water partition coefficient (Wildman–Crippen LogP) is 2.27. The molecule has 0 bridgehead atoms. The Morgan fingerprint density at radius 2 is 1.83 bits per heavy atom. The van der Waals surface area contributed by atoms with Gasteiger partial charge in [-0.05, 0) is 32.4 Å².